The van der Waals surface area contributed by atoms with Crippen molar-refractivity contribution in [3.8, 4) is 0 Å². The van der Waals surface area contributed by atoms with Crippen molar-refractivity contribution in [1.82, 2.24) is 0 Å². The van der Waals surface area contributed by atoms with Crippen molar-refractivity contribution >= 4 is 14.3 Å². The number of allylic oxidation sites excluding steroid dienone is 1. The smallest absolute Gasteiger partial charge is 0.338 e. The molecule has 0 aromatic heterocycles. The lowest BCUT2D eigenvalue weighted by molar-refractivity contribution is -0.0444. The van der Waals surface area contributed by atoms with Crippen LogP contribution in [0.1, 0.15) is 90.4 Å². The van der Waals surface area contributed by atoms with E-state index in [2.05, 4.69) is 66.8 Å². The number of rotatable bonds is 8. The maximum absolute atomic E-state index is 12.7. The molecule has 0 heterocycles. The first-order chi connectivity index (χ1) is 15.8. The highest BCUT2D eigenvalue weighted by atomic mass is 28.4. The molecule has 0 amide bonds. The molecule has 6 atom stereocenters. The van der Waals surface area contributed by atoms with Crippen LogP contribution in [0.4, 0.5) is 0 Å². The Morgan fingerprint density at radius 1 is 1.15 bits per heavy atom. The molecule has 0 unspecified atom stereocenters. The fraction of sp³-hybridized carbons (Fsp3) is 0.700. The molecule has 3 rings (SSSR count). The van der Waals surface area contributed by atoms with Crippen LogP contribution < -0.4 is 0 Å². The number of ether oxygens (including phenoxy) is 1. The fourth-order valence-electron chi connectivity index (χ4n) is 6.29. The van der Waals surface area contributed by atoms with Crippen LogP contribution in [-0.4, -0.2) is 26.5 Å². The summed E-state index contributed by atoms with van der Waals surface area (Å²) in [5.41, 5.74) is 0.905. The third-order valence-electron chi connectivity index (χ3n) is 9.25. The van der Waals surface area contributed by atoms with Gasteiger partial charge in [0.2, 0.25) is 0 Å². The molecule has 190 valence electrons. The molecule has 2 aliphatic carbocycles. The van der Waals surface area contributed by atoms with E-state index in [9.17, 15) is 4.79 Å². The monoisotopic (exact) mass is 484 g/mol. The lowest BCUT2D eigenvalue weighted by atomic mass is 9.62. The normalized spacial score (nSPS) is 29.6. The summed E-state index contributed by atoms with van der Waals surface area (Å²) in [7, 11) is -1.73. The molecule has 2 aliphatic rings. The quantitative estimate of drug-likeness (QED) is 0.211. The Morgan fingerprint density at radius 2 is 1.82 bits per heavy atom. The molecular formula is C30H48O3Si. The van der Waals surface area contributed by atoms with Crippen LogP contribution in [0.5, 0.6) is 0 Å². The average molecular weight is 485 g/mol. The highest BCUT2D eigenvalue weighted by Crippen LogP contribution is 2.58. The first-order valence-electron chi connectivity index (χ1n) is 13.5. The highest BCUT2D eigenvalue weighted by Gasteiger charge is 2.53. The average Bonchev–Trinajstić information content (AvgIpc) is 3.11. The Hall–Kier alpha value is -1.39. The van der Waals surface area contributed by atoms with E-state index >= 15 is 0 Å². The maximum Gasteiger partial charge on any atom is 0.338 e. The first kappa shape index (κ1) is 27.2. The molecule has 1 aromatic rings. The van der Waals surface area contributed by atoms with Gasteiger partial charge in [-0.2, -0.15) is 0 Å². The zero-order valence-corrected chi connectivity index (χ0v) is 23.9. The second kappa shape index (κ2) is 10.7. The van der Waals surface area contributed by atoms with E-state index < -0.39 is 8.32 Å². The molecule has 0 radical (unpaired) electrons. The largest absolute Gasteiger partial charge is 0.458 e. The Labute approximate surface area is 209 Å². The number of esters is 1. The van der Waals surface area contributed by atoms with Crippen LogP contribution in [-0.2, 0) is 9.16 Å². The van der Waals surface area contributed by atoms with E-state index in [4.69, 9.17) is 9.16 Å². The standard InChI is InChI=1S/C30H48O3Si/c1-22(14-12-15-23(2)33-34(7,8)29(3,4)5)25-19-20-26-27(18-13-21-30(25,26)6)32-28(31)24-16-10-9-11-17-24/h9-12,14,16-17,22-23,25-27H,13,15,18-21H2,1-8H3/b14-12+/t22-,23+,25+,26-,27-,30+/m0/s1. The minimum Gasteiger partial charge on any atom is -0.458 e. The summed E-state index contributed by atoms with van der Waals surface area (Å²) >= 11 is 0. The summed E-state index contributed by atoms with van der Waals surface area (Å²) in [6.45, 7) is 18.6. The van der Waals surface area contributed by atoms with E-state index in [1.54, 1.807) is 0 Å². The van der Waals surface area contributed by atoms with Crippen LogP contribution in [0.25, 0.3) is 0 Å². The predicted octanol–water partition coefficient (Wildman–Crippen LogP) is 8.42. The number of hydrogen-bond acceptors (Lipinski definition) is 3. The summed E-state index contributed by atoms with van der Waals surface area (Å²) < 4.78 is 12.6. The van der Waals surface area contributed by atoms with Gasteiger partial charge in [-0.25, -0.2) is 4.79 Å². The van der Waals surface area contributed by atoms with Crippen molar-refractivity contribution < 1.29 is 14.0 Å². The molecule has 0 aliphatic heterocycles. The zero-order chi connectivity index (χ0) is 25.1. The molecule has 2 fully saturated rings. The van der Waals surface area contributed by atoms with Crippen molar-refractivity contribution in [1.29, 1.82) is 0 Å². The van der Waals surface area contributed by atoms with Crippen molar-refractivity contribution in [3.63, 3.8) is 0 Å². The van der Waals surface area contributed by atoms with E-state index in [-0.39, 0.29) is 28.6 Å². The second-order valence-corrected chi connectivity index (χ2v) is 17.5. The van der Waals surface area contributed by atoms with Gasteiger partial charge in [-0.3, -0.25) is 0 Å². The van der Waals surface area contributed by atoms with Gasteiger partial charge >= 0.3 is 5.97 Å². The molecule has 4 heteroatoms. The summed E-state index contributed by atoms with van der Waals surface area (Å²) in [6.07, 6.45) is 11.8. The van der Waals surface area contributed by atoms with Gasteiger partial charge in [0.1, 0.15) is 6.10 Å². The highest BCUT2D eigenvalue weighted by molar-refractivity contribution is 6.74. The lowest BCUT2D eigenvalue weighted by Gasteiger charge is -2.45. The molecule has 0 bridgehead atoms. The van der Waals surface area contributed by atoms with E-state index in [1.807, 2.05) is 30.3 Å². The summed E-state index contributed by atoms with van der Waals surface area (Å²) in [5, 5.41) is 0.243. The van der Waals surface area contributed by atoms with Gasteiger partial charge in [-0.15, -0.1) is 0 Å². The van der Waals surface area contributed by atoms with Crippen LogP contribution >= 0.6 is 0 Å². The molecule has 34 heavy (non-hydrogen) atoms. The minimum atomic E-state index is -1.73. The second-order valence-electron chi connectivity index (χ2n) is 12.7. The third-order valence-corrected chi connectivity index (χ3v) is 13.9. The Morgan fingerprint density at radius 3 is 2.47 bits per heavy atom. The molecule has 0 spiro atoms. The van der Waals surface area contributed by atoms with E-state index in [0.29, 0.717) is 23.3 Å². The molecule has 0 N–H and O–H groups in total. The SMILES string of the molecule is C[C@H](C/C=C/[C@H](C)[C@H]1CC[C@H]2[C@@H](OC(=O)c3ccccc3)CCC[C@]12C)O[Si](C)(C)C(C)(C)C. The third kappa shape index (κ3) is 6.05. The van der Waals surface area contributed by atoms with Crippen molar-refractivity contribution in [3.05, 3.63) is 48.0 Å². The van der Waals surface area contributed by atoms with Gasteiger partial charge in [0.15, 0.2) is 8.32 Å². The van der Waals surface area contributed by atoms with Crippen LogP contribution in [0.15, 0.2) is 42.5 Å². The topological polar surface area (TPSA) is 35.5 Å². The van der Waals surface area contributed by atoms with Gasteiger partial charge in [-0.05, 0) is 93.0 Å². The molecular weight excluding hydrogens is 436 g/mol. The molecule has 2 saturated carbocycles. The Balaban J connectivity index is 1.59. The van der Waals surface area contributed by atoms with Crippen molar-refractivity contribution in [2.24, 2.45) is 23.2 Å². The van der Waals surface area contributed by atoms with Gasteiger partial charge < -0.3 is 9.16 Å². The van der Waals surface area contributed by atoms with Gasteiger partial charge in [0, 0.05) is 12.0 Å². The van der Waals surface area contributed by atoms with Gasteiger partial charge in [0.25, 0.3) is 0 Å². The fourth-order valence-corrected chi connectivity index (χ4v) is 7.75. The van der Waals surface area contributed by atoms with E-state index in [0.717, 1.165) is 25.7 Å². The summed E-state index contributed by atoms with van der Waals surface area (Å²) in [6, 6.07) is 9.44. The van der Waals surface area contributed by atoms with Crippen LogP contribution in [0.3, 0.4) is 0 Å². The summed E-state index contributed by atoms with van der Waals surface area (Å²) in [4.78, 5) is 12.7. The van der Waals surface area contributed by atoms with Gasteiger partial charge in [-0.1, -0.05) is 65.0 Å². The first-order valence-corrected chi connectivity index (χ1v) is 16.4. The predicted molar refractivity (Wildman–Crippen MR) is 144 cm³/mol. The van der Waals surface area contributed by atoms with Crippen LogP contribution in [0, 0.1) is 23.2 Å². The zero-order valence-electron chi connectivity index (χ0n) is 22.9. The number of carbonyl (C=O) groups is 1. The van der Waals surface area contributed by atoms with Gasteiger partial charge in [0.05, 0.1) is 5.56 Å². The maximum atomic E-state index is 12.7. The van der Waals surface area contributed by atoms with Crippen molar-refractivity contribution in [2.45, 2.75) is 110 Å². The molecule has 0 saturated heterocycles. The molecule has 1 aromatic carbocycles. The Kier molecular flexibility index (Phi) is 8.56. The Bertz CT molecular complexity index is 840. The number of benzene rings is 1. The lowest BCUT2D eigenvalue weighted by Crippen LogP contribution is -2.43. The molecule has 3 nitrogen and oxygen atoms in total. The number of carbonyl (C=O) groups excluding carboxylic acids is 1. The number of hydrogen-bond donors (Lipinski definition) is 0. The summed E-state index contributed by atoms with van der Waals surface area (Å²) in [5.74, 6) is 1.47. The number of fused-ring (bicyclic) bond motifs is 1. The van der Waals surface area contributed by atoms with Crippen LogP contribution in [0.2, 0.25) is 18.1 Å². The van der Waals surface area contributed by atoms with E-state index in [1.165, 1.54) is 12.8 Å². The van der Waals surface area contributed by atoms with Crippen molar-refractivity contribution in [2.75, 3.05) is 0 Å². The minimum absolute atomic E-state index is 0.0469.